The van der Waals surface area contributed by atoms with Crippen LogP contribution in [0, 0.1) is 10.1 Å². The van der Waals surface area contributed by atoms with Crippen LogP contribution in [0.25, 0.3) is 0 Å². The van der Waals surface area contributed by atoms with Gasteiger partial charge < -0.3 is 15.1 Å². The second-order valence-electron chi connectivity index (χ2n) is 5.68. The molecule has 0 spiro atoms. The molecule has 7 nitrogen and oxygen atoms in total. The van der Waals surface area contributed by atoms with Gasteiger partial charge in [0.25, 0.3) is 5.69 Å². The third-order valence-electron chi connectivity index (χ3n) is 4.41. The summed E-state index contributed by atoms with van der Waals surface area (Å²) >= 11 is 0. The van der Waals surface area contributed by atoms with Crippen molar-refractivity contribution in [3.8, 4) is 0 Å². The van der Waals surface area contributed by atoms with Gasteiger partial charge in [-0.2, -0.15) is 0 Å². The van der Waals surface area contributed by atoms with Crippen molar-refractivity contribution < 1.29 is 19.9 Å². The number of nitrogens with zero attached hydrogens (tertiary/aromatic N) is 2. The fourth-order valence-corrected chi connectivity index (χ4v) is 3.58. The number of anilines is 1. The summed E-state index contributed by atoms with van der Waals surface area (Å²) in [5.41, 5.74) is -0.00948. The summed E-state index contributed by atoms with van der Waals surface area (Å²) in [5.74, 6) is -1.30. The molecule has 2 saturated heterocycles. The van der Waals surface area contributed by atoms with Crippen molar-refractivity contribution >= 4 is 17.3 Å². The highest BCUT2D eigenvalue weighted by atomic mass is 16.6. The monoisotopic (exact) mass is 292 g/mol. The van der Waals surface area contributed by atoms with E-state index >= 15 is 0 Å². The molecule has 2 aliphatic heterocycles. The molecule has 2 heterocycles. The zero-order chi connectivity index (χ0) is 15.1. The van der Waals surface area contributed by atoms with Gasteiger partial charge in [0.05, 0.1) is 11.0 Å². The fourth-order valence-electron chi connectivity index (χ4n) is 3.58. The number of nitro groups is 1. The van der Waals surface area contributed by atoms with Crippen molar-refractivity contribution in [2.24, 2.45) is 0 Å². The van der Waals surface area contributed by atoms with Gasteiger partial charge in [-0.3, -0.25) is 10.1 Å². The van der Waals surface area contributed by atoms with Gasteiger partial charge in [-0.15, -0.1) is 0 Å². The summed E-state index contributed by atoms with van der Waals surface area (Å²) in [7, 11) is 0. The van der Waals surface area contributed by atoms with Crippen LogP contribution in [0.5, 0.6) is 0 Å². The average Bonchev–Trinajstić information content (AvgIpc) is 2.70. The van der Waals surface area contributed by atoms with Crippen LogP contribution in [-0.2, 0) is 0 Å². The SMILES string of the molecule is O=C(O)c1ccc(N2C3CCC2CC(O)C3)cc1[N+](=O)[O-]. The molecular weight excluding hydrogens is 276 g/mol. The van der Waals surface area contributed by atoms with Crippen LogP contribution in [0.3, 0.4) is 0 Å². The third-order valence-corrected chi connectivity index (χ3v) is 4.41. The average molecular weight is 292 g/mol. The van der Waals surface area contributed by atoms with E-state index in [1.807, 2.05) is 0 Å². The number of rotatable bonds is 3. The minimum Gasteiger partial charge on any atom is -0.477 e. The number of carbonyl (C=O) groups is 1. The number of benzene rings is 1. The molecule has 0 aromatic heterocycles. The van der Waals surface area contributed by atoms with E-state index in [0.717, 1.165) is 12.8 Å². The smallest absolute Gasteiger partial charge is 0.342 e. The van der Waals surface area contributed by atoms with Crippen molar-refractivity contribution in [2.75, 3.05) is 4.90 Å². The highest BCUT2D eigenvalue weighted by Crippen LogP contribution is 2.40. The predicted molar refractivity (Wildman–Crippen MR) is 74.6 cm³/mol. The first-order valence-corrected chi connectivity index (χ1v) is 6.95. The first kappa shape index (κ1) is 13.8. The van der Waals surface area contributed by atoms with E-state index in [0.29, 0.717) is 18.5 Å². The van der Waals surface area contributed by atoms with Gasteiger partial charge in [-0.25, -0.2) is 4.79 Å². The molecule has 21 heavy (non-hydrogen) atoms. The summed E-state index contributed by atoms with van der Waals surface area (Å²) < 4.78 is 0. The Bertz CT molecular complexity index is 589. The van der Waals surface area contributed by atoms with Crippen LogP contribution < -0.4 is 4.90 Å². The number of piperidine rings is 1. The second kappa shape index (κ2) is 5.00. The Morgan fingerprint density at radius 3 is 2.43 bits per heavy atom. The van der Waals surface area contributed by atoms with E-state index < -0.39 is 10.9 Å². The number of carboxylic acid groups (broad SMARTS) is 1. The predicted octanol–water partition coefficient (Wildman–Crippen LogP) is 1.79. The molecule has 2 fully saturated rings. The fraction of sp³-hybridized carbons (Fsp3) is 0.500. The Labute approximate surface area is 121 Å². The van der Waals surface area contributed by atoms with Gasteiger partial charge in [-0.05, 0) is 37.8 Å². The van der Waals surface area contributed by atoms with E-state index in [9.17, 15) is 20.0 Å². The number of aromatic carboxylic acids is 1. The van der Waals surface area contributed by atoms with E-state index in [4.69, 9.17) is 5.11 Å². The highest BCUT2D eigenvalue weighted by Gasteiger charge is 2.40. The summed E-state index contributed by atoms with van der Waals surface area (Å²) in [6.45, 7) is 0. The van der Waals surface area contributed by atoms with Gasteiger partial charge in [0.15, 0.2) is 0 Å². The number of fused-ring (bicyclic) bond motifs is 2. The molecule has 2 unspecified atom stereocenters. The number of aliphatic hydroxyl groups is 1. The quantitative estimate of drug-likeness (QED) is 0.650. The Morgan fingerprint density at radius 2 is 1.90 bits per heavy atom. The van der Waals surface area contributed by atoms with Gasteiger partial charge in [-0.1, -0.05) is 0 Å². The third kappa shape index (κ3) is 2.33. The maximum Gasteiger partial charge on any atom is 0.342 e. The molecule has 2 aliphatic rings. The van der Waals surface area contributed by atoms with Crippen LogP contribution >= 0.6 is 0 Å². The second-order valence-corrected chi connectivity index (χ2v) is 5.68. The van der Waals surface area contributed by atoms with Crippen LogP contribution in [0.1, 0.15) is 36.0 Å². The van der Waals surface area contributed by atoms with E-state index in [2.05, 4.69) is 4.90 Å². The lowest BCUT2D eigenvalue weighted by Gasteiger charge is -2.38. The molecule has 2 bridgehead atoms. The Kier molecular flexibility index (Phi) is 3.29. The summed E-state index contributed by atoms with van der Waals surface area (Å²) in [6.07, 6.45) is 2.91. The molecule has 0 amide bonds. The maximum atomic E-state index is 11.1. The van der Waals surface area contributed by atoms with Gasteiger partial charge >= 0.3 is 5.97 Å². The number of hydrogen-bond donors (Lipinski definition) is 2. The molecule has 1 aromatic rings. The minimum atomic E-state index is -1.30. The number of carboxylic acids is 1. The van der Waals surface area contributed by atoms with E-state index in [-0.39, 0.29) is 29.4 Å². The van der Waals surface area contributed by atoms with Gasteiger partial charge in [0.2, 0.25) is 0 Å². The molecule has 0 radical (unpaired) electrons. The number of hydrogen-bond acceptors (Lipinski definition) is 5. The lowest BCUT2D eigenvalue weighted by Crippen LogP contribution is -2.44. The molecule has 7 heteroatoms. The molecule has 0 saturated carbocycles. The zero-order valence-electron chi connectivity index (χ0n) is 11.3. The molecule has 1 aromatic carbocycles. The van der Waals surface area contributed by atoms with Crippen molar-refractivity contribution in [1.29, 1.82) is 0 Å². The highest BCUT2D eigenvalue weighted by molar-refractivity contribution is 5.93. The first-order chi connectivity index (χ1) is 9.97. The zero-order valence-corrected chi connectivity index (χ0v) is 11.3. The van der Waals surface area contributed by atoms with Crippen molar-refractivity contribution in [1.82, 2.24) is 0 Å². The van der Waals surface area contributed by atoms with E-state index in [1.165, 1.54) is 12.1 Å². The van der Waals surface area contributed by atoms with E-state index in [1.54, 1.807) is 6.07 Å². The van der Waals surface area contributed by atoms with Crippen molar-refractivity contribution in [3.05, 3.63) is 33.9 Å². The maximum absolute atomic E-state index is 11.1. The standard InChI is InChI=1S/C14H16N2O5/c17-11-5-8-1-2-9(6-11)15(8)10-3-4-12(14(18)19)13(7-10)16(20)21/h3-4,7-9,11,17H,1-2,5-6H2,(H,18,19). The van der Waals surface area contributed by atoms with Gasteiger partial charge in [0, 0.05) is 23.8 Å². The Morgan fingerprint density at radius 1 is 1.29 bits per heavy atom. The van der Waals surface area contributed by atoms with Crippen molar-refractivity contribution in [3.63, 3.8) is 0 Å². The lowest BCUT2D eigenvalue weighted by atomic mass is 9.98. The molecule has 3 rings (SSSR count). The van der Waals surface area contributed by atoms with Crippen LogP contribution in [0.2, 0.25) is 0 Å². The molecule has 2 N–H and O–H groups in total. The first-order valence-electron chi connectivity index (χ1n) is 6.95. The van der Waals surface area contributed by atoms with Crippen LogP contribution in [0.15, 0.2) is 18.2 Å². The summed E-state index contributed by atoms with van der Waals surface area (Å²) in [4.78, 5) is 23.6. The van der Waals surface area contributed by atoms with Gasteiger partial charge in [0.1, 0.15) is 5.56 Å². The van der Waals surface area contributed by atoms with Crippen LogP contribution in [0.4, 0.5) is 11.4 Å². The Balaban J connectivity index is 1.99. The number of nitro benzene ring substituents is 1. The van der Waals surface area contributed by atoms with Crippen molar-refractivity contribution in [2.45, 2.75) is 43.9 Å². The minimum absolute atomic E-state index is 0.175. The summed E-state index contributed by atoms with van der Waals surface area (Å²) in [6, 6.07) is 4.61. The Hall–Kier alpha value is -2.15. The topological polar surface area (TPSA) is 104 Å². The molecule has 2 atom stereocenters. The molecular formula is C14H16N2O5. The summed E-state index contributed by atoms with van der Waals surface area (Å²) in [5, 5.41) is 29.9. The number of aliphatic hydroxyl groups excluding tert-OH is 1. The molecule has 112 valence electrons. The lowest BCUT2D eigenvalue weighted by molar-refractivity contribution is -0.385. The largest absolute Gasteiger partial charge is 0.477 e. The van der Waals surface area contributed by atoms with Crippen LogP contribution in [-0.4, -0.2) is 39.3 Å². The normalized spacial score (nSPS) is 27.7. The molecule has 0 aliphatic carbocycles.